The van der Waals surface area contributed by atoms with Crippen LogP contribution in [0.1, 0.15) is 51.4 Å². The molecule has 0 aromatic heterocycles. The third kappa shape index (κ3) is 38.1. The second-order valence-corrected chi connectivity index (χ2v) is 8.22. The molecule has 0 aliphatic heterocycles. The molecule has 20 heteroatoms. The quantitative estimate of drug-likeness (QED) is 0.0423. The van der Waals surface area contributed by atoms with Gasteiger partial charge in [0.05, 0.1) is 6.42 Å². The van der Waals surface area contributed by atoms with Gasteiger partial charge in [0.25, 0.3) is 0 Å². The SMILES string of the molecule is N=C(N)NCCCC(N)C(=O)O.NC(=O)CC(N)C(=O)O.NC(=O)CCC(N)C(=O)O.NCCCCC(N)C(=O)O. The van der Waals surface area contributed by atoms with E-state index in [0.29, 0.717) is 32.4 Å². The van der Waals surface area contributed by atoms with Crippen molar-refractivity contribution in [3.05, 3.63) is 0 Å². The standard InChI is InChI=1S/C6H14N4O2.C6H14N2O2.C5H10N2O3.C4H8N2O3/c7-4(5(11)12)2-1-3-10-6(8)9;7-4-2-1-3-5(8)6(9)10;6-3(5(9)10)1-2-4(7)8;5-2(4(8)9)1-3(6)7/h4H,1-3,7H2,(H,11,12)(H4,8,9,10);5H,1-4,7-8H2,(H,9,10);3H,1-2,6H2,(H2,7,8)(H,9,10);2H,1,5H2,(H2,6,7)(H,8,9). The van der Waals surface area contributed by atoms with Crippen molar-refractivity contribution in [1.29, 1.82) is 5.41 Å². The summed E-state index contributed by atoms with van der Waals surface area (Å²) in [5.41, 5.74) is 40.0. The van der Waals surface area contributed by atoms with Crippen LogP contribution in [-0.4, -0.2) is 99.3 Å². The monoisotopic (exact) mass is 598 g/mol. The lowest BCUT2D eigenvalue weighted by Gasteiger charge is -2.06. The first-order valence-electron chi connectivity index (χ1n) is 12.1. The Morgan fingerprint density at radius 2 is 1.00 bits per heavy atom. The number of amides is 2. The van der Waals surface area contributed by atoms with Crippen LogP contribution in [0.3, 0.4) is 0 Å². The minimum atomic E-state index is -1.21. The molecule has 240 valence electrons. The number of hydrogen-bond acceptors (Lipinski definition) is 12. The fraction of sp³-hybridized carbons (Fsp3) is 0.667. The highest BCUT2D eigenvalue weighted by Gasteiger charge is 2.13. The van der Waals surface area contributed by atoms with E-state index in [1.807, 2.05) is 0 Å². The van der Waals surface area contributed by atoms with E-state index in [1.165, 1.54) is 0 Å². The maximum Gasteiger partial charge on any atom is 0.321 e. The maximum absolute atomic E-state index is 10.2. The lowest BCUT2D eigenvalue weighted by molar-refractivity contribution is -0.140. The van der Waals surface area contributed by atoms with Crippen molar-refractivity contribution < 1.29 is 49.2 Å². The zero-order valence-electron chi connectivity index (χ0n) is 22.7. The molecule has 0 saturated heterocycles. The van der Waals surface area contributed by atoms with Gasteiger partial charge in [0.15, 0.2) is 5.96 Å². The van der Waals surface area contributed by atoms with Crippen molar-refractivity contribution in [2.24, 2.45) is 45.9 Å². The first-order chi connectivity index (χ1) is 18.8. The Kier molecular flexibility index (Phi) is 29.4. The Morgan fingerprint density at radius 1 is 0.610 bits per heavy atom. The number of carboxylic acids is 4. The molecule has 4 unspecified atom stereocenters. The lowest BCUT2D eigenvalue weighted by Crippen LogP contribution is -2.34. The zero-order chi connectivity index (χ0) is 33.1. The first-order valence-corrected chi connectivity index (χ1v) is 12.1. The van der Waals surface area contributed by atoms with Crippen LogP contribution in [0.5, 0.6) is 0 Å². The Morgan fingerprint density at radius 3 is 1.29 bits per heavy atom. The first kappa shape index (κ1) is 43.9. The van der Waals surface area contributed by atoms with Crippen molar-refractivity contribution in [2.45, 2.75) is 75.5 Å². The maximum atomic E-state index is 10.2. The van der Waals surface area contributed by atoms with Gasteiger partial charge >= 0.3 is 23.9 Å². The number of carboxylic acid groups (broad SMARTS) is 4. The molecule has 22 N–H and O–H groups in total. The average molecular weight is 599 g/mol. The van der Waals surface area contributed by atoms with Crippen LogP contribution in [0.2, 0.25) is 0 Å². The number of primary amides is 2. The van der Waals surface area contributed by atoms with Crippen molar-refractivity contribution in [2.75, 3.05) is 13.1 Å². The van der Waals surface area contributed by atoms with Crippen molar-refractivity contribution in [1.82, 2.24) is 5.32 Å². The topological polar surface area (TPSA) is 427 Å². The Hall–Kier alpha value is -4.11. The molecule has 0 heterocycles. The van der Waals surface area contributed by atoms with E-state index in [2.05, 4.69) is 11.1 Å². The molecular weight excluding hydrogens is 552 g/mol. The van der Waals surface area contributed by atoms with Crippen LogP contribution in [-0.2, 0) is 28.8 Å². The summed E-state index contributed by atoms with van der Waals surface area (Å²) in [6.07, 6.45) is 2.95. The molecule has 0 aliphatic rings. The number of aliphatic carboxylic acids is 4. The summed E-state index contributed by atoms with van der Waals surface area (Å²) in [5.74, 6) is -5.61. The van der Waals surface area contributed by atoms with Gasteiger partial charge in [0.1, 0.15) is 24.2 Å². The molecule has 0 aliphatic carbocycles. The van der Waals surface area contributed by atoms with Crippen LogP contribution in [0.25, 0.3) is 0 Å². The van der Waals surface area contributed by atoms with Crippen LogP contribution in [0, 0.1) is 5.41 Å². The molecule has 0 saturated carbocycles. The third-order valence-electron chi connectivity index (χ3n) is 4.37. The second kappa shape index (κ2) is 27.5. The molecule has 0 spiro atoms. The average Bonchev–Trinajstić information content (AvgIpc) is 2.85. The highest BCUT2D eigenvalue weighted by molar-refractivity contribution is 5.83. The van der Waals surface area contributed by atoms with Crippen LogP contribution >= 0.6 is 0 Å². The minimum absolute atomic E-state index is 0.0213. The van der Waals surface area contributed by atoms with Crippen molar-refractivity contribution in [3.8, 4) is 0 Å². The predicted molar refractivity (Wildman–Crippen MR) is 147 cm³/mol. The molecule has 0 fully saturated rings. The Balaban J connectivity index is -0.000000224. The molecule has 0 rings (SSSR count). The lowest BCUT2D eigenvalue weighted by atomic mass is 10.1. The Labute approximate surface area is 236 Å². The highest BCUT2D eigenvalue weighted by atomic mass is 16.4. The smallest absolute Gasteiger partial charge is 0.321 e. The molecule has 0 bridgehead atoms. The van der Waals surface area contributed by atoms with Gasteiger partial charge in [0.2, 0.25) is 11.8 Å². The number of rotatable bonds is 17. The third-order valence-corrected chi connectivity index (χ3v) is 4.37. The predicted octanol–water partition coefficient (Wildman–Crippen LogP) is -4.87. The van der Waals surface area contributed by atoms with Gasteiger partial charge in [-0.2, -0.15) is 0 Å². The molecule has 0 radical (unpaired) electrons. The van der Waals surface area contributed by atoms with Gasteiger partial charge in [-0.15, -0.1) is 0 Å². The molecule has 4 atom stereocenters. The van der Waals surface area contributed by atoms with Crippen LogP contribution in [0.15, 0.2) is 0 Å². The summed E-state index contributed by atoms with van der Waals surface area (Å²) in [4.78, 5) is 60.4. The second-order valence-electron chi connectivity index (χ2n) is 8.22. The molecule has 20 nitrogen and oxygen atoms in total. The Bertz CT molecular complexity index is 816. The van der Waals surface area contributed by atoms with E-state index in [0.717, 1.165) is 12.8 Å². The van der Waals surface area contributed by atoms with E-state index in [-0.39, 0.29) is 25.2 Å². The number of nitrogens with one attached hydrogen (secondary N) is 2. The van der Waals surface area contributed by atoms with Gasteiger partial charge in [-0.05, 0) is 38.6 Å². The van der Waals surface area contributed by atoms with E-state index in [4.69, 9.17) is 66.0 Å². The van der Waals surface area contributed by atoms with Crippen LogP contribution < -0.4 is 51.2 Å². The largest absolute Gasteiger partial charge is 0.480 e. The molecule has 2 amide bonds. The van der Waals surface area contributed by atoms with Gasteiger partial charge in [0, 0.05) is 13.0 Å². The van der Waals surface area contributed by atoms with E-state index in [1.54, 1.807) is 0 Å². The summed E-state index contributed by atoms with van der Waals surface area (Å²) < 4.78 is 0. The summed E-state index contributed by atoms with van der Waals surface area (Å²) >= 11 is 0. The van der Waals surface area contributed by atoms with E-state index in [9.17, 15) is 28.8 Å². The zero-order valence-corrected chi connectivity index (χ0v) is 22.7. The van der Waals surface area contributed by atoms with E-state index < -0.39 is 59.9 Å². The van der Waals surface area contributed by atoms with Gasteiger partial charge in [-0.25, -0.2) is 0 Å². The number of unbranched alkanes of at least 4 members (excludes halogenated alkanes) is 1. The molecule has 0 aromatic carbocycles. The molecule has 41 heavy (non-hydrogen) atoms. The number of carbonyl (C=O) groups excluding carboxylic acids is 2. The normalized spacial score (nSPS) is 12.5. The fourth-order valence-electron chi connectivity index (χ4n) is 2.03. The van der Waals surface area contributed by atoms with Gasteiger partial charge < -0.3 is 71.6 Å². The van der Waals surface area contributed by atoms with Gasteiger partial charge in [-0.3, -0.25) is 34.2 Å². The highest BCUT2D eigenvalue weighted by Crippen LogP contribution is 1.97. The summed E-state index contributed by atoms with van der Waals surface area (Å²) in [5, 5.41) is 42.4. The summed E-state index contributed by atoms with van der Waals surface area (Å²) in [7, 11) is 0. The minimum Gasteiger partial charge on any atom is -0.480 e. The molecular formula is C21H46N10O10. The fourth-order valence-corrected chi connectivity index (χ4v) is 2.03. The number of nitrogens with two attached hydrogens (primary N) is 8. The van der Waals surface area contributed by atoms with Crippen molar-refractivity contribution in [3.63, 3.8) is 0 Å². The summed E-state index contributed by atoms with van der Waals surface area (Å²) in [6.45, 7) is 1.09. The van der Waals surface area contributed by atoms with Gasteiger partial charge in [-0.1, -0.05) is 6.42 Å². The van der Waals surface area contributed by atoms with Crippen LogP contribution in [0.4, 0.5) is 0 Å². The number of hydrogen-bond donors (Lipinski definition) is 14. The number of carbonyl (C=O) groups is 6. The summed E-state index contributed by atoms with van der Waals surface area (Å²) in [6, 6.07) is -3.68. The number of guanidine groups is 1. The molecule has 0 aromatic rings. The van der Waals surface area contributed by atoms with E-state index >= 15 is 0 Å². The van der Waals surface area contributed by atoms with Crippen molar-refractivity contribution >= 4 is 41.7 Å².